The van der Waals surface area contributed by atoms with Crippen molar-refractivity contribution in [1.82, 2.24) is 9.80 Å². The van der Waals surface area contributed by atoms with Crippen LogP contribution in [0.3, 0.4) is 0 Å². The second-order valence-corrected chi connectivity index (χ2v) is 6.00. The Balaban J connectivity index is 2.52. The summed E-state index contributed by atoms with van der Waals surface area (Å²) >= 11 is 0. The van der Waals surface area contributed by atoms with E-state index in [1.54, 1.807) is 0 Å². The number of nitrogens with zero attached hydrogens (tertiary/aromatic N) is 3. The van der Waals surface area contributed by atoms with E-state index in [0.717, 1.165) is 26.1 Å². The predicted octanol–water partition coefficient (Wildman–Crippen LogP) is 1.17. The fourth-order valence-corrected chi connectivity index (χ4v) is 3.70. The van der Waals surface area contributed by atoms with Crippen LogP contribution >= 0.6 is 0 Å². The van der Waals surface area contributed by atoms with Gasteiger partial charge >= 0.3 is 0 Å². The van der Waals surface area contributed by atoms with Crippen molar-refractivity contribution in [2.45, 2.75) is 39.8 Å². The molecule has 0 aliphatic carbocycles. The van der Waals surface area contributed by atoms with Crippen LogP contribution in [-0.2, 0) is 0 Å². The summed E-state index contributed by atoms with van der Waals surface area (Å²) in [5, 5.41) is 11.3. The fourth-order valence-electron chi connectivity index (χ4n) is 3.70. The largest absolute Gasteiger partial charge is 0.380 e. The highest BCUT2D eigenvalue weighted by atomic mass is 16.6. The van der Waals surface area contributed by atoms with Gasteiger partial charge in [-0.3, -0.25) is 15.0 Å². The summed E-state index contributed by atoms with van der Waals surface area (Å²) in [6.45, 7) is 10.7. The monoisotopic (exact) mass is 254 g/mol. The van der Waals surface area contributed by atoms with Gasteiger partial charge in [-0.1, -0.05) is 6.92 Å². The van der Waals surface area contributed by atoms with Crippen LogP contribution in [0.15, 0.2) is 11.5 Å². The summed E-state index contributed by atoms with van der Waals surface area (Å²) in [7, 11) is 0. The maximum Gasteiger partial charge on any atom is 0.291 e. The van der Waals surface area contributed by atoms with E-state index in [9.17, 15) is 10.1 Å². The Bertz CT molecular complexity index is 418. The highest BCUT2D eigenvalue weighted by molar-refractivity contribution is 5.21. The number of hydrogen-bond donors (Lipinski definition) is 1. The minimum Gasteiger partial charge on any atom is -0.380 e. The molecule has 1 unspecified atom stereocenters. The predicted molar refractivity (Wildman–Crippen MR) is 69.0 cm³/mol. The first kappa shape index (κ1) is 13.1. The lowest BCUT2D eigenvalue weighted by molar-refractivity contribution is -0.446. The zero-order valence-electron chi connectivity index (χ0n) is 11.6. The lowest BCUT2D eigenvalue weighted by atomic mass is 9.76. The topological polar surface area (TPSA) is 75.6 Å². The second kappa shape index (κ2) is 3.85. The SMILES string of the molecule is CCN1CCN2C(N)=C([N+](=O)[O-])C(C)(C)CC12C. The van der Waals surface area contributed by atoms with Gasteiger partial charge in [0.15, 0.2) is 5.82 Å². The van der Waals surface area contributed by atoms with E-state index in [4.69, 9.17) is 5.73 Å². The average Bonchev–Trinajstić information content (AvgIpc) is 2.51. The Morgan fingerprint density at radius 3 is 2.50 bits per heavy atom. The molecule has 1 saturated heterocycles. The first-order valence-corrected chi connectivity index (χ1v) is 6.41. The van der Waals surface area contributed by atoms with Gasteiger partial charge in [0.25, 0.3) is 5.70 Å². The third kappa shape index (κ3) is 1.59. The Morgan fingerprint density at radius 2 is 2.00 bits per heavy atom. The lowest BCUT2D eigenvalue weighted by Gasteiger charge is -2.48. The highest BCUT2D eigenvalue weighted by Crippen LogP contribution is 2.47. The quantitative estimate of drug-likeness (QED) is 0.591. The molecule has 0 radical (unpaired) electrons. The van der Waals surface area contributed by atoms with Crippen molar-refractivity contribution < 1.29 is 4.92 Å². The molecule has 6 nitrogen and oxygen atoms in total. The van der Waals surface area contributed by atoms with Crippen LogP contribution in [0.4, 0.5) is 0 Å². The molecule has 2 N–H and O–H groups in total. The molecule has 18 heavy (non-hydrogen) atoms. The highest BCUT2D eigenvalue weighted by Gasteiger charge is 2.55. The summed E-state index contributed by atoms with van der Waals surface area (Å²) in [5.41, 5.74) is 5.55. The molecule has 0 spiro atoms. The molecule has 0 saturated carbocycles. The minimum absolute atomic E-state index is 0.165. The molecule has 6 heteroatoms. The summed E-state index contributed by atoms with van der Waals surface area (Å²) in [6, 6.07) is 0. The number of rotatable bonds is 2. The van der Waals surface area contributed by atoms with Crippen LogP contribution < -0.4 is 5.73 Å². The van der Waals surface area contributed by atoms with Gasteiger partial charge in [0, 0.05) is 13.1 Å². The number of allylic oxidation sites excluding steroid dienone is 1. The zero-order chi connectivity index (χ0) is 13.7. The van der Waals surface area contributed by atoms with Crippen LogP contribution in [0.5, 0.6) is 0 Å². The van der Waals surface area contributed by atoms with Gasteiger partial charge < -0.3 is 10.6 Å². The van der Waals surface area contributed by atoms with Crippen LogP contribution in [0.1, 0.15) is 34.1 Å². The first-order chi connectivity index (χ1) is 8.24. The van der Waals surface area contributed by atoms with Gasteiger partial charge in [0.1, 0.15) is 0 Å². The van der Waals surface area contributed by atoms with Gasteiger partial charge in [-0.25, -0.2) is 0 Å². The number of nitrogens with two attached hydrogens (primary N) is 1. The van der Waals surface area contributed by atoms with E-state index in [0.29, 0.717) is 5.82 Å². The molecule has 102 valence electrons. The number of hydrogen-bond acceptors (Lipinski definition) is 5. The number of nitro groups is 1. The number of fused-ring (bicyclic) bond motifs is 1. The van der Waals surface area contributed by atoms with Crippen molar-refractivity contribution >= 4 is 0 Å². The van der Waals surface area contributed by atoms with Crippen molar-refractivity contribution in [1.29, 1.82) is 0 Å². The molecule has 2 aliphatic rings. The molecule has 0 aromatic rings. The molecular formula is C12H22N4O2. The lowest BCUT2D eigenvalue weighted by Crippen LogP contribution is -2.58. The molecule has 0 aromatic carbocycles. The molecule has 2 aliphatic heterocycles. The van der Waals surface area contributed by atoms with E-state index in [2.05, 4.69) is 18.7 Å². The molecular weight excluding hydrogens is 232 g/mol. The summed E-state index contributed by atoms with van der Waals surface area (Å²) in [4.78, 5) is 15.3. The van der Waals surface area contributed by atoms with Crippen molar-refractivity contribution in [3.05, 3.63) is 21.6 Å². The smallest absolute Gasteiger partial charge is 0.291 e. The minimum atomic E-state index is -0.503. The van der Waals surface area contributed by atoms with E-state index in [-0.39, 0.29) is 16.3 Å². The molecule has 2 rings (SSSR count). The van der Waals surface area contributed by atoms with Gasteiger partial charge in [-0.2, -0.15) is 0 Å². The Hall–Kier alpha value is -1.30. The first-order valence-electron chi connectivity index (χ1n) is 6.41. The normalized spacial score (nSPS) is 31.7. The molecule has 1 atom stereocenters. The van der Waals surface area contributed by atoms with Crippen LogP contribution in [0.2, 0.25) is 0 Å². The van der Waals surface area contributed by atoms with Crippen molar-refractivity contribution in [2.75, 3.05) is 19.6 Å². The van der Waals surface area contributed by atoms with Crippen LogP contribution in [0.25, 0.3) is 0 Å². The fraction of sp³-hybridized carbons (Fsp3) is 0.833. The van der Waals surface area contributed by atoms with Gasteiger partial charge in [-0.15, -0.1) is 0 Å². The van der Waals surface area contributed by atoms with E-state index in [1.165, 1.54) is 0 Å². The maximum atomic E-state index is 11.3. The van der Waals surface area contributed by atoms with Crippen molar-refractivity contribution in [3.8, 4) is 0 Å². The summed E-state index contributed by atoms with van der Waals surface area (Å²) in [6.07, 6.45) is 0.727. The van der Waals surface area contributed by atoms with Gasteiger partial charge in [0.2, 0.25) is 0 Å². The zero-order valence-corrected chi connectivity index (χ0v) is 11.6. The number of likely N-dealkylation sites (N-methyl/N-ethyl adjacent to an activating group) is 1. The summed E-state index contributed by atoms with van der Waals surface area (Å²) < 4.78 is 0. The van der Waals surface area contributed by atoms with E-state index in [1.807, 2.05) is 18.7 Å². The Morgan fingerprint density at radius 1 is 1.39 bits per heavy atom. The molecule has 0 amide bonds. The van der Waals surface area contributed by atoms with Gasteiger partial charge in [-0.05, 0) is 33.7 Å². The molecule has 2 heterocycles. The molecule has 1 fully saturated rings. The third-order valence-electron chi connectivity index (χ3n) is 4.37. The van der Waals surface area contributed by atoms with Crippen molar-refractivity contribution in [2.24, 2.45) is 11.1 Å². The van der Waals surface area contributed by atoms with E-state index >= 15 is 0 Å². The molecule has 0 aromatic heterocycles. The Labute approximate surface area is 108 Å². The van der Waals surface area contributed by atoms with Crippen LogP contribution in [-0.4, -0.2) is 40.0 Å². The third-order valence-corrected chi connectivity index (χ3v) is 4.37. The summed E-state index contributed by atoms with van der Waals surface area (Å²) in [5.74, 6) is 0.342. The van der Waals surface area contributed by atoms with Crippen molar-refractivity contribution in [3.63, 3.8) is 0 Å². The van der Waals surface area contributed by atoms with E-state index < -0.39 is 5.41 Å². The maximum absolute atomic E-state index is 11.3. The Kier molecular flexibility index (Phi) is 2.81. The average molecular weight is 254 g/mol. The molecule has 0 bridgehead atoms. The standard InChI is InChI=1S/C12H22N4O2/c1-5-14-6-7-15-10(13)9(16(17)18)11(2,3)8-12(14,15)4/h5-8,13H2,1-4H3. The van der Waals surface area contributed by atoms with Crippen LogP contribution in [0, 0.1) is 15.5 Å². The second-order valence-electron chi connectivity index (χ2n) is 6.00. The van der Waals surface area contributed by atoms with Gasteiger partial charge in [0.05, 0.1) is 16.0 Å².